The molecule has 2 rings (SSSR count). The number of benzene rings is 1. The van der Waals surface area contributed by atoms with Crippen molar-refractivity contribution in [1.29, 1.82) is 0 Å². The number of aryl methyl sites for hydroxylation is 2. The first-order valence-corrected chi connectivity index (χ1v) is 7.01. The number of fused-ring (bicyclic) bond motifs is 1. The minimum Gasteiger partial charge on any atom is -0.397 e. The molecule has 0 bridgehead atoms. The highest BCUT2D eigenvalue weighted by molar-refractivity contribution is 5.87. The largest absolute Gasteiger partial charge is 0.397 e. The molecule has 2 aromatic rings. The van der Waals surface area contributed by atoms with Gasteiger partial charge in [0.25, 0.3) is 0 Å². The average molecular weight is 260 g/mol. The molecule has 0 unspecified atom stereocenters. The summed E-state index contributed by atoms with van der Waals surface area (Å²) < 4.78 is 2.33. The lowest BCUT2D eigenvalue weighted by Crippen LogP contribution is -2.15. The standard InChI is InChI=1S/C15H24N4/c1-4-7-14-17-15-12(16)8-5-9-13(15)19(14)11-6-10-18(2)3/h5,8-9H,4,6-7,10-11,16H2,1-3H3. The Balaban J connectivity index is 2.32. The molecule has 1 heterocycles. The molecule has 2 N–H and O–H groups in total. The molecular formula is C15H24N4. The third-order valence-corrected chi connectivity index (χ3v) is 3.35. The van der Waals surface area contributed by atoms with E-state index in [0.717, 1.165) is 49.4 Å². The second-order valence-electron chi connectivity index (χ2n) is 5.30. The third-order valence-electron chi connectivity index (χ3n) is 3.35. The first kappa shape index (κ1) is 13.9. The second-order valence-corrected chi connectivity index (χ2v) is 5.30. The predicted molar refractivity (Wildman–Crippen MR) is 81.3 cm³/mol. The van der Waals surface area contributed by atoms with Crippen molar-refractivity contribution in [2.45, 2.75) is 32.7 Å². The van der Waals surface area contributed by atoms with Crippen molar-refractivity contribution in [3.05, 3.63) is 24.0 Å². The molecule has 1 aromatic carbocycles. The maximum atomic E-state index is 6.03. The first-order valence-electron chi connectivity index (χ1n) is 7.01. The molecule has 0 saturated heterocycles. The normalized spacial score (nSPS) is 11.6. The number of para-hydroxylation sites is 1. The van der Waals surface area contributed by atoms with Crippen molar-refractivity contribution >= 4 is 16.7 Å². The molecular weight excluding hydrogens is 236 g/mol. The summed E-state index contributed by atoms with van der Waals surface area (Å²) in [5.74, 6) is 1.16. The van der Waals surface area contributed by atoms with Crippen LogP contribution in [0.1, 0.15) is 25.6 Å². The van der Waals surface area contributed by atoms with E-state index in [1.165, 1.54) is 5.52 Å². The van der Waals surface area contributed by atoms with Gasteiger partial charge in [0.2, 0.25) is 0 Å². The Hall–Kier alpha value is -1.55. The van der Waals surface area contributed by atoms with Gasteiger partial charge in [0, 0.05) is 13.0 Å². The van der Waals surface area contributed by atoms with Crippen LogP contribution < -0.4 is 5.73 Å². The zero-order chi connectivity index (χ0) is 13.8. The van der Waals surface area contributed by atoms with E-state index in [1.807, 2.05) is 12.1 Å². The van der Waals surface area contributed by atoms with Gasteiger partial charge in [-0.3, -0.25) is 0 Å². The number of imidazole rings is 1. The summed E-state index contributed by atoms with van der Waals surface area (Å²) in [6.07, 6.45) is 3.25. The number of nitrogens with two attached hydrogens (primary N) is 1. The summed E-state index contributed by atoms with van der Waals surface area (Å²) in [5.41, 5.74) is 8.93. The number of nitrogen functional groups attached to an aromatic ring is 1. The van der Waals surface area contributed by atoms with Gasteiger partial charge in [0.15, 0.2) is 0 Å². The van der Waals surface area contributed by atoms with Crippen LogP contribution in [0.25, 0.3) is 11.0 Å². The highest BCUT2D eigenvalue weighted by Gasteiger charge is 2.11. The van der Waals surface area contributed by atoms with Crippen molar-refractivity contribution < 1.29 is 0 Å². The van der Waals surface area contributed by atoms with Crippen molar-refractivity contribution in [1.82, 2.24) is 14.5 Å². The number of hydrogen-bond donors (Lipinski definition) is 1. The Morgan fingerprint density at radius 2 is 2.11 bits per heavy atom. The molecule has 0 saturated carbocycles. The molecule has 4 nitrogen and oxygen atoms in total. The van der Waals surface area contributed by atoms with Gasteiger partial charge in [0.05, 0.1) is 11.2 Å². The van der Waals surface area contributed by atoms with Crippen LogP contribution in [-0.2, 0) is 13.0 Å². The van der Waals surface area contributed by atoms with Crippen LogP contribution in [0.5, 0.6) is 0 Å². The van der Waals surface area contributed by atoms with Crippen LogP contribution in [0.3, 0.4) is 0 Å². The van der Waals surface area contributed by atoms with E-state index >= 15 is 0 Å². The van der Waals surface area contributed by atoms with Crippen molar-refractivity contribution in [3.63, 3.8) is 0 Å². The average Bonchev–Trinajstić information content (AvgIpc) is 2.70. The summed E-state index contributed by atoms with van der Waals surface area (Å²) in [6.45, 7) is 4.29. The zero-order valence-electron chi connectivity index (χ0n) is 12.2. The fourth-order valence-corrected chi connectivity index (χ4v) is 2.43. The SMILES string of the molecule is CCCc1nc2c(N)cccc2n1CCCN(C)C. The summed E-state index contributed by atoms with van der Waals surface area (Å²) in [4.78, 5) is 6.94. The maximum Gasteiger partial charge on any atom is 0.112 e. The van der Waals surface area contributed by atoms with Crippen LogP contribution in [0.15, 0.2) is 18.2 Å². The van der Waals surface area contributed by atoms with E-state index in [9.17, 15) is 0 Å². The summed E-state index contributed by atoms with van der Waals surface area (Å²) in [6, 6.07) is 6.06. The van der Waals surface area contributed by atoms with Crippen LogP contribution >= 0.6 is 0 Å². The van der Waals surface area contributed by atoms with Gasteiger partial charge in [-0.2, -0.15) is 0 Å². The molecule has 19 heavy (non-hydrogen) atoms. The van der Waals surface area contributed by atoms with Crippen molar-refractivity contribution in [3.8, 4) is 0 Å². The molecule has 0 aliphatic rings. The topological polar surface area (TPSA) is 47.1 Å². The molecule has 0 spiro atoms. The lowest BCUT2D eigenvalue weighted by atomic mass is 10.2. The molecule has 0 aliphatic heterocycles. The quantitative estimate of drug-likeness (QED) is 0.812. The van der Waals surface area contributed by atoms with E-state index in [0.29, 0.717) is 0 Å². The van der Waals surface area contributed by atoms with E-state index in [1.54, 1.807) is 0 Å². The smallest absolute Gasteiger partial charge is 0.112 e. The number of aromatic nitrogens is 2. The molecule has 1 aromatic heterocycles. The van der Waals surface area contributed by atoms with Crippen LogP contribution in [0, 0.1) is 0 Å². The van der Waals surface area contributed by atoms with Gasteiger partial charge >= 0.3 is 0 Å². The van der Waals surface area contributed by atoms with Gasteiger partial charge in [-0.05, 0) is 45.6 Å². The van der Waals surface area contributed by atoms with Crippen LogP contribution in [0.4, 0.5) is 5.69 Å². The predicted octanol–water partition coefficient (Wildman–Crippen LogP) is 2.52. The fourth-order valence-electron chi connectivity index (χ4n) is 2.43. The molecule has 0 atom stereocenters. The van der Waals surface area contributed by atoms with Gasteiger partial charge < -0.3 is 15.2 Å². The van der Waals surface area contributed by atoms with Crippen LogP contribution in [0.2, 0.25) is 0 Å². The molecule has 0 radical (unpaired) electrons. The minimum absolute atomic E-state index is 0.779. The minimum atomic E-state index is 0.779. The van der Waals surface area contributed by atoms with Crippen LogP contribution in [-0.4, -0.2) is 35.1 Å². The molecule has 4 heteroatoms. The molecule has 0 fully saturated rings. The van der Waals surface area contributed by atoms with E-state index in [2.05, 4.69) is 36.6 Å². The lowest BCUT2D eigenvalue weighted by Gasteiger charge is -2.12. The Morgan fingerprint density at radius 3 is 2.79 bits per heavy atom. The van der Waals surface area contributed by atoms with E-state index in [4.69, 9.17) is 10.7 Å². The zero-order valence-corrected chi connectivity index (χ0v) is 12.2. The van der Waals surface area contributed by atoms with E-state index in [-0.39, 0.29) is 0 Å². The lowest BCUT2D eigenvalue weighted by molar-refractivity contribution is 0.386. The fraction of sp³-hybridized carbons (Fsp3) is 0.533. The number of anilines is 1. The van der Waals surface area contributed by atoms with Crippen molar-refractivity contribution in [2.75, 3.05) is 26.4 Å². The second kappa shape index (κ2) is 6.06. The molecule has 0 amide bonds. The number of nitrogens with zero attached hydrogens (tertiary/aromatic N) is 3. The third kappa shape index (κ3) is 3.07. The number of hydrogen-bond acceptors (Lipinski definition) is 3. The highest BCUT2D eigenvalue weighted by Crippen LogP contribution is 2.22. The van der Waals surface area contributed by atoms with E-state index < -0.39 is 0 Å². The number of rotatable bonds is 6. The summed E-state index contributed by atoms with van der Waals surface area (Å²) in [7, 11) is 4.22. The Labute approximate surface area is 115 Å². The Kier molecular flexibility index (Phi) is 4.43. The van der Waals surface area contributed by atoms with Gasteiger partial charge in [-0.15, -0.1) is 0 Å². The maximum absolute atomic E-state index is 6.03. The van der Waals surface area contributed by atoms with Gasteiger partial charge in [0.1, 0.15) is 11.3 Å². The Bertz CT molecular complexity index is 542. The highest BCUT2D eigenvalue weighted by atomic mass is 15.1. The molecule has 0 aliphatic carbocycles. The van der Waals surface area contributed by atoms with Gasteiger partial charge in [-0.25, -0.2) is 4.98 Å². The molecule has 104 valence electrons. The summed E-state index contributed by atoms with van der Waals surface area (Å²) in [5, 5.41) is 0. The van der Waals surface area contributed by atoms with Crippen molar-refractivity contribution in [2.24, 2.45) is 0 Å². The monoisotopic (exact) mass is 260 g/mol. The summed E-state index contributed by atoms with van der Waals surface area (Å²) >= 11 is 0. The first-order chi connectivity index (χ1) is 9.13. The Morgan fingerprint density at radius 1 is 1.32 bits per heavy atom. The van der Waals surface area contributed by atoms with Gasteiger partial charge in [-0.1, -0.05) is 13.0 Å².